The second kappa shape index (κ2) is 10.00. The fraction of sp³-hybridized carbons (Fsp3) is 0.400. The summed E-state index contributed by atoms with van der Waals surface area (Å²) in [5, 5.41) is 4.45. The molecule has 9 heteroatoms. The van der Waals surface area contributed by atoms with Crippen molar-refractivity contribution >= 4 is 38.9 Å². The quantitative estimate of drug-likeness (QED) is 0.674. The van der Waals surface area contributed by atoms with E-state index >= 15 is 0 Å². The van der Waals surface area contributed by atoms with E-state index in [0.717, 1.165) is 30.6 Å². The van der Waals surface area contributed by atoms with Crippen LogP contribution in [0.3, 0.4) is 0 Å². The van der Waals surface area contributed by atoms with Crippen LogP contribution in [0.1, 0.15) is 30.6 Å². The molecule has 1 amide bonds. The van der Waals surface area contributed by atoms with Gasteiger partial charge in [-0.1, -0.05) is 25.0 Å². The topological polar surface area (TPSA) is 92.8 Å². The molecule has 2 aromatic rings. The van der Waals surface area contributed by atoms with Crippen molar-refractivity contribution in [2.75, 3.05) is 25.0 Å². The number of hydrogen-bond donors (Lipinski definition) is 1. The van der Waals surface area contributed by atoms with Crippen molar-refractivity contribution in [3.05, 3.63) is 46.7 Å². The lowest BCUT2D eigenvalue weighted by molar-refractivity contribution is -0.146. The van der Waals surface area contributed by atoms with E-state index in [4.69, 9.17) is 4.74 Å². The fourth-order valence-electron chi connectivity index (χ4n) is 3.11. The lowest BCUT2D eigenvalue weighted by Gasteiger charge is -2.20. The number of carbonyl (C=O) groups is 2. The minimum atomic E-state index is -3.60. The highest BCUT2D eigenvalue weighted by atomic mass is 32.2. The third kappa shape index (κ3) is 6.12. The second-order valence-electron chi connectivity index (χ2n) is 6.81. The number of nitrogens with zero attached hydrogens (tertiary/aromatic N) is 1. The van der Waals surface area contributed by atoms with Crippen LogP contribution in [0.15, 0.2) is 46.7 Å². The normalized spacial score (nSPS) is 15.4. The predicted molar refractivity (Wildman–Crippen MR) is 111 cm³/mol. The van der Waals surface area contributed by atoms with E-state index < -0.39 is 28.5 Å². The van der Waals surface area contributed by atoms with Gasteiger partial charge in [0.05, 0.1) is 11.3 Å². The summed E-state index contributed by atoms with van der Waals surface area (Å²) in [5.74, 6) is -1.01. The molecule has 0 aliphatic carbocycles. The first-order valence-electron chi connectivity index (χ1n) is 9.53. The molecular formula is C20H24N2O5S2. The Bertz CT molecular complexity index is 934. The molecule has 0 saturated carbocycles. The van der Waals surface area contributed by atoms with Crippen LogP contribution in [0.2, 0.25) is 0 Å². The average molecular weight is 437 g/mol. The highest BCUT2D eigenvalue weighted by Gasteiger charge is 2.25. The van der Waals surface area contributed by atoms with Gasteiger partial charge in [-0.15, -0.1) is 11.3 Å². The maximum atomic E-state index is 12.9. The van der Waals surface area contributed by atoms with Gasteiger partial charge in [-0.25, -0.2) is 8.42 Å². The van der Waals surface area contributed by atoms with Gasteiger partial charge in [0, 0.05) is 23.7 Å². The molecule has 1 saturated heterocycles. The van der Waals surface area contributed by atoms with Crippen LogP contribution in [0.25, 0.3) is 0 Å². The molecule has 0 bridgehead atoms. The number of carbonyl (C=O) groups excluding carboxylic acids is 2. The van der Waals surface area contributed by atoms with Crippen molar-refractivity contribution in [3.63, 3.8) is 0 Å². The minimum Gasteiger partial charge on any atom is -0.455 e. The van der Waals surface area contributed by atoms with E-state index in [1.807, 2.05) is 17.5 Å². The summed E-state index contributed by atoms with van der Waals surface area (Å²) in [7, 11) is -3.60. The Balaban J connectivity index is 1.57. The van der Waals surface area contributed by atoms with Crippen LogP contribution in [-0.2, 0) is 30.8 Å². The number of anilines is 1. The molecule has 29 heavy (non-hydrogen) atoms. The maximum Gasteiger partial charge on any atom is 0.311 e. The van der Waals surface area contributed by atoms with Crippen molar-refractivity contribution < 1.29 is 22.7 Å². The Morgan fingerprint density at radius 1 is 1.07 bits per heavy atom. The van der Waals surface area contributed by atoms with Gasteiger partial charge in [0.15, 0.2) is 6.61 Å². The first-order valence-corrected chi connectivity index (χ1v) is 11.9. The number of rotatable bonds is 7. The number of nitrogens with one attached hydrogen (secondary N) is 1. The molecule has 1 aliphatic heterocycles. The van der Waals surface area contributed by atoms with Crippen molar-refractivity contribution in [3.8, 4) is 0 Å². The standard InChI is InChI=1S/C20H24N2O5S2/c23-19(15-27-20(24)14-17-8-6-12-28-17)21-16-7-5-9-18(13-16)29(25,26)22-10-3-1-2-4-11-22/h5-9,12-13H,1-4,10-11,14-15H2,(H,21,23). The molecule has 0 unspecified atom stereocenters. The van der Waals surface area contributed by atoms with Crippen molar-refractivity contribution in [1.29, 1.82) is 0 Å². The fourth-order valence-corrected chi connectivity index (χ4v) is 5.37. The highest BCUT2D eigenvalue weighted by Crippen LogP contribution is 2.22. The number of esters is 1. The average Bonchev–Trinajstić information content (AvgIpc) is 3.04. The predicted octanol–water partition coefficient (Wildman–Crippen LogP) is 3.04. The smallest absolute Gasteiger partial charge is 0.311 e. The van der Waals surface area contributed by atoms with Crippen LogP contribution in [0, 0.1) is 0 Å². The zero-order valence-corrected chi connectivity index (χ0v) is 17.6. The van der Waals surface area contributed by atoms with E-state index in [9.17, 15) is 18.0 Å². The SMILES string of the molecule is O=C(COC(=O)Cc1cccs1)Nc1cccc(S(=O)(=O)N2CCCCCC2)c1. The van der Waals surface area contributed by atoms with Crippen LogP contribution >= 0.6 is 11.3 Å². The molecule has 0 atom stereocenters. The van der Waals surface area contributed by atoms with Gasteiger partial charge in [-0.2, -0.15) is 4.31 Å². The Morgan fingerprint density at radius 3 is 2.52 bits per heavy atom. The van der Waals surface area contributed by atoms with Crippen molar-refractivity contribution in [2.24, 2.45) is 0 Å². The first kappa shape index (κ1) is 21.5. The number of benzene rings is 1. The Kier molecular flexibility index (Phi) is 7.40. The molecule has 1 fully saturated rings. The van der Waals surface area contributed by atoms with Gasteiger partial charge in [-0.3, -0.25) is 9.59 Å². The largest absolute Gasteiger partial charge is 0.455 e. The molecule has 156 valence electrons. The van der Waals surface area contributed by atoms with Crippen molar-refractivity contribution in [2.45, 2.75) is 37.0 Å². The van der Waals surface area contributed by atoms with Gasteiger partial charge in [0.25, 0.3) is 5.91 Å². The maximum absolute atomic E-state index is 12.9. The van der Waals surface area contributed by atoms with Gasteiger partial charge in [-0.05, 0) is 42.5 Å². The zero-order chi connectivity index (χ0) is 20.7. The summed E-state index contributed by atoms with van der Waals surface area (Å²) < 4.78 is 32.3. The van der Waals surface area contributed by atoms with Gasteiger partial charge in [0.2, 0.25) is 10.0 Å². The molecule has 7 nitrogen and oxygen atoms in total. The molecular weight excluding hydrogens is 412 g/mol. The molecule has 3 rings (SSSR count). The van der Waals surface area contributed by atoms with Gasteiger partial charge < -0.3 is 10.1 Å². The van der Waals surface area contributed by atoms with E-state index in [2.05, 4.69) is 5.32 Å². The summed E-state index contributed by atoms with van der Waals surface area (Å²) in [6.45, 7) is 0.603. The Labute approximate surface area is 174 Å². The monoisotopic (exact) mass is 436 g/mol. The second-order valence-corrected chi connectivity index (χ2v) is 9.78. The number of ether oxygens (including phenoxy) is 1. The summed E-state index contributed by atoms with van der Waals surface area (Å²) in [4.78, 5) is 24.9. The number of thiophene rings is 1. The number of hydrogen-bond acceptors (Lipinski definition) is 6. The Morgan fingerprint density at radius 2 is 1.83 bits per heavy atom. The molecule has 0 spiro atoms. The molecule has 1 aliphatic rings. The molecule has 1 aromatic carbocycles. The summed E-state index contributed by atoms with van der Waals surface area (Å²) in [6.07, 6.45) is 3.90. The third-order valence-corrected chi connectivity index (χ3v) is 7.35. The van der Waals surface area contributed by atoms with E-state index in [1.165, 1.54) is 27.8 Å². The molecule has 2 heterocycles. The first-order chi connectivity index (χ1) is 13.9. The van der Waals surface area contributed by atoms with Crippen LogP contribution < -0.4 is 5.32 Å². The number of amides is 1. The van der Waals surface area contributed by atoms with E-state index in [-0.39, 0.29) is 11.3 Å². The van der Waals surface area contributed by atoms with Gasteiger partial charge in [0.1, 0.15) is 0 Å². The zero-order valence-electron chi connectivity index (χ0n) is 16.0. The Hall–Kier alpha value is -2.23. The molecule has 1 N–H and O–H groups in total. The highest BCUT2D eigenvalue weighted by molar-refractivity contribution is 7.89. The third-order valence-electron chi connectivity index (χ3n) is 4.58. The van der Waals surface area contributed by atoms with Crippen molar-refractivity contribution in [1.82, 2.24) is 4.31 Å². The van der Waals surface area contributed by atoms with Crippen LogP contribution in [0.5, 0.6) is 0 Å². The summed E-state index contributed by atoms with van der Waals surface area (Å²) in [5.41, 5.74) is 0.347. The molecule has 0 radical (unpaired) electrons. The lowest BCUT2D eigenvalue weighted by atomic mass is 10.2. The van der Waals surface area contributed by atoms with Crippen LogP contribution in [0.4, 0.5) is 5.69 Å². The summed E-state index contributed by atoms with van der Waals surface area (Å²) in [6, 6.07) is 9.81. The van der Waals surface area contributed by atoms with E-state index in [1.54, 1.807) is 12.1 Å². The van der Waals surface area contributed by atoms with Gasteiger partial charge >= 0.3 is 5.97 Å². The van der Waals surface area contributed by atoms with E-state index in [0.29, 0.717) is 18.8 Å². The minimum absolute atomic E-state index is 0.120. The number of sulfonamides is 1. The summed E-state index contributed by atoms with van der Waals surface area (Å²) >= 11 is 1.44. The molecule has 1 aromatic heterocycles. The lowest BCUT2D eigenvalue weighted by Crippen LogP contribution is -2.32. The van der Waals surface area contributed by atoms with Crippen LogP contribution in [-0.4, -0.2) is 44.3 Å².